The van der Waals surface area contributed by atoms with E-state index in [1.165, 1.54) is 20.3 Å². The van der Waals surface area contributed by atoms with Crippen LogP contribution < -0.4 is 4.74 Å². The van der Waals surface area contributed by atoms with Gasteiger partial charge in [-0.1, -0.05) is 0 Å². The quantitative estimate of drug-likeness (QED) is 0.841. The number of phenols is 1. The van der Waals surface area contributed by atoms with Gasteiger partial charge in [-0.2, -0.15) is 0 Å². The molecule has 1 aromatic rings. The summed E-state index contributed by atoms with van der Waals surface area (Å²) in [6, 6.07) is 1.52. The molecular formula is C10H11BrO4. The van der Waals surface area contributed by atoms with E-state index in [0.717, 1.165) is 5.56 Å². The SMILES string of the molecule is COC(=O)c1cc(C)c(OC)c(Br)c1O. The molecule has 5 heteroatoms. The first-order valence-electron chi connectivity index (χ1n) is 4.17. The van der Waals surface area contributed by atoms with E-state index in [9.17, 15) is 9.90 Å². The minimum absolute atomic E-state index is 0.114. The summed E-state index contributed by atoms with van der Waals surface area (Å²) in [4.78, 5) is 11.3. The molecule has 0 unspecified atom stereocenters. The molecule has 4 nitrogen and oxygen atoms in total. The van der Waals surface area contributed by atoms with Gasteiger partial charge in [0.2, 0.25) is 0 Å². The third-order valence-electron chi connectivity index (χ3n) is 1.99. The number of methoxy groups -OCH3 is 2. The number of ether oxygens (including phenoxy) is 2. The predicted molar refractivity (Wildman–Crippen MR) is 58.4 cm³/mol. The summed E-state index contributed by atoms with van der Waals surface area (Å²) in [5.74, 6) is -0.261. The second-order valence-corrected chi connectivity index (χ2v) is 3.72. The van der Waals surface area contributed by atoms with Crippen molar-refractivity contribution in [3.63, 3.8) is 0 Å². The first-order chi connectivity index (χ1) is 7.02. The maximum Gasteiger partial charge on any atom is 0.341 e. The van der Waals surface area contributed by atoms with Crippen molar-refractivity contribution < 1.29 is 19.4 Å². The molecule has 82 valence electrons. The Morgan fingerprint density at radius 1 is 1.47 bits per heavy atom. The number of carbonyl (C=O) groups is 1. The molecule has 0 aliphatic rings. The Kier molecular flexibility index (Phi) is 3.57. The Morgan fingerprint density at radius 2 is 2.07 bits per heavy atom. The van der Waals surface area contributed by atoms with E-state index >= 15 is 0 Å². The molecule has 0 amide bonds. The van der Waals surface area contributed by atoms with Crippen LogP contribution in [-0.2, 0) is 4.74 Å². The Bertz CT molecular complexity index is 401. The molecule has 0 bridgehead atoms. The zero-order valence-corrected chi connectivity index (χ0v) is 10.2. The van der Waals surface area contributed by atoms with Crippen LogP contribution in [0.25, 0.3) is 0 Å². The monoisotopic (exact) mass is 274 g/mol. The van der Waals surface area contributed by atoms with Crippen LogP contribution in [0.4, 0.5) is 0 Å². The zero-order chi connectivity index (χ0) is 11.6. The summed E-state index contributed by atoms with van der Waals surface area (Å²) >= 11 is 3.16. The number of carbonyl (C=O) groups excluding carboxylic acids is 1. The van der Waals surface area contributed by atoms with Crippen LogP contribution >= 0.6 is 15.9 Å². The molecule has 0 aliphatic heterocycles. The summed E-state index contributed by atoms with van der Waals surface area (Å²) in [6.07, 6.45) is 0. The average Bonchev–Trinajstić information content (AvgIpc) is 2.23. The molecule has 15 heavy (non-hydrogen) atoms. The van der Waals surface area contributed by atoms with Gasteiger partial charge >= 0.3 is 5.97 Å². The highest BCUT2D eigenvalue weighted by atomic mass is 79.9. The molecule has 0 saturated heterocycles. The van der Waals surface area contributed by atoms with Gasteiger partial charge in [0, 0.05) is 0 Å². The number of hydrogen-bond donors (Lipinski definition) is 1. The number of hydrogen-bond acceptors (Lipinski definition) is 4. The Morgan fingerprint density at radius 3 is 2.53 bits per heavy atom. The standard InChI is InChI=1S/C10H11BrO4/c1-5-4-6(10(13)15-3)8(12)7(11)9(5)14-2/h4,12H,1-3H3. The topological polar surface area (TPSA) is 55.8 Å². The Labute approximate surface area is 95.9 Å². The normalized spacial score (nSPS) is 9.87. The van der Waals surface area contributed by atoms with E-state index in [2.05, 4.69) is 20.7 Å². The number of esters is 1. The van der Waals surface area contributed by atoms with E-state index in [0.29, 0.717) is 10.2 Å². The number of aryl methyl sites for hydroxylation is 1. The first-order valence-corrected chi connectivity index (χ1v) is 4.96. The minimum atomic E-state index is -0.584. The second-order valence-electron chi connectivity index (χ2n) is 2.93. The van der Waals surface area contributed by atoms with Gasteiger partial charge in [0.1, 0.15) is 21.5 Å². The van der Waals surface area contributed by atoms with Crippen LogP contribution in [-0.4, -0.2) is 25.3 Å². The lowest BCUT2D eigenvalue weighted by atomic mass is 10.1. The smallest absolute Gasteiger partial charge is 0.341 e. The van der Waals surface area contributed by atoms with Gasteiger partial charge in [-0.3, -0.25) is 0 Å². The highest BCUT2D eigenvalue weighted by molar-refractivity contribution is 9.10. The van der Waals surface area contributed by atoms with Crippen LogP contribution in [0.5, 0.6) is 11.5 Å². The molecule has 1 aromatic carbocycles. The van der Waals surface area contributed by atoms with E-state index in [-0.39, 0.29) is 11.3 Å². The molecular weight excluding hydrogens is 264 g/mol. The zero-order valence-electron chi connectivity index (χ0n) is 8.63. The van der Waals surface area contributed by atoms with Gasteiger partial charge in [-0.15, -0.1) is 0 Å². The molecule has 0 radical (unpaired) electrons. The fraction of sp³-hybridized carbons (Fsp3) is 0.300. The predicted octanol–water partition coefficient (Wildman–Crippen LogP) is 2.26. The molecule has 0 atom stereocenters. The fourth-order valence-electron chi connectivity index (χ4n) is 1.27. The van der Waals surface area contributed by atoms with Crippen molar-refractivity contribution in [1.29, 1.82) is 0 Å². The summed E-state index contributed by atoms with van der Waals surface area (Å²) in [5, 5.41) is 9.71. The second kappa shape index (κ2) is 4.53. The van der Waals surface area contributed by atoms with Gasteiger partial charge in [0.05, 0.1) is 14.2 Å². The van der Waals surface area contributed by atoms with Crippen LogP contribution in [0.15, 0.2) is 10.5 Å². The summed E-state index contributed by atoms with van der Waals surface area (Å²) in [6.45, 7) is 1.77. The number of benzene rings is 1. The number of rotatable bonds is 2. The fourth-order valence-corrected chi connectivity index (χ4v) is 1.95. The third kappa shape index (κ3) is 2.07. The number of halogens is 1. The summed E-state index contributed by atoms with van der Waals surface area (Å²) in [5.41, 5.74) is 0.852. The van der Waals surface area contributed by atoms with Crippen molar-refractivity contribution >= 4 is 21.9 Å². The van der Waals surface area contributed by atoms with E-state index < -0.39 is 5.97 Å². The summed E-state index contributed by atoms with van der Waals surface area (Å²) < 4.78 is 9.96. The molecule has 0 heterocycles. The molecule has 0 aromatic heterocycles. The molecule has 0 spiro atoms. The van der Waals surface area contributed by atoms with Crippen molar-refractivity contribution in [1.82, 2.24) is 0 Å². The minimum Gasteiger partial charge on any atom is -0.506 e. The van der Waals surface area contributed by atoms with Crippen molar-refractivity contribution in [3.05, 3.63) is 21.7 Å². The van der Waals surface area contributed by atoms with Crippen LogP contribution in [0, 0.1) is 6.92 Å². The molecule has 0 aliphatic carbocycles. The molecule has 0 saturated carbocycles. The van der Waals surface area contributed by atoms with Crippen molar-refractivity contribution in [2.24, 2.45) is 0 Å². The molecule has 1 rings (SSSR count). The van der Waals surface area contributed by atoms with E-state index in [1.807, 2.05) is 0 Å². The average molecular weight is 275 g/mol. The van der Waals surface area contributed by atoms with Crippen LogP contribution in [0.2, 0.25) is 0 Å². The lowest BCUT2D eigenvalue weighted by Crippen LogP contribution is -2.03. The van der Waals surface area contributed by atoms with Gasteiger partial charge in [0.25, 0.3) is 0 Å². The van der Waals surface area contributed by atoms with Gasteiger partial charge in [0.15, 0.2) is 0 Å². The first kappa shape index (κ1) is 11.8. The number of aromatic hydroxyl groups is 1. The molecule has 0 fully saturated rings. The van der Waals surface area contributed by atoms with Gasteiger partial charge in [-0.25, -0.2) is 4.79 Å². The highest BCUT2D eigenvalue weighted by Crippen LogP contribution is 2.39. The largest absolute Gasteiger partial charge is 0.506 e. The Balaban J connectivity index is 3.40. The van der Waals surface area contributed by atoms with Gasteiger partial charge in [-0.05, 0) is 34.5 Å². The van der Waals surface area contributed by atoms with Crippen molar-refractivity contribution in [2.75, 3.05) is 14.2 Å². The third-order valence-corrected chi connectivity index (χ3v) is 2.73. The lowest BCUT2D eigenvalue weighted by molar-refractivity contribution is 0.0597. The van der Waals surface area contributed by atoms with E-state index in [1.54, 1.807) is 6.92 Å². The summed E-state index contributed by atoms with van der Waals surface area (Å²) in [7, 11) is 2.75. The van der Waals surface area contributed by atoms with Crippen molar-refractivity contribution in [3.8, 4) is 11.5 Å². The van der Waals surface area contributed by atoms with Crippen LogP contribution in [0.3, 0.4) is 0 Å². The maximum atomic E-state index is 11.3. The van der Waals surface area contributed by atoms with Gasteiger partial charge < -0.3 is 14.6 Å². The van der Waals surface area contributed by atoms with Crippen molar-refractivity contribution in [2.45, 2.75) is 6.92 Å². The number of phenolic OH excluding ortho intramolecular Hbond substituents is 1. The van der Waals surface area contributed by atoms with Crippen LogP contribution in [0.1, 0.15) is 15.9 Å². The van der Waals surface area contributed by atoms with E-state index in [4.69, 9.17) is 4.74 Å². The maximum absolute atomic E-state index is 11.3. The Hall–Kier alpha value is -1.23. The highest BCUT2D eigenvalue weighted by Gasteiger charge is 2.19. The molecule has 1 N–H and O–H groups in total. The lowest BCUT2D eigenvalue weighted by Gasteiger charge is -2.11.